The molecule has 8 nitrogen and oxygen atoms in total. The summed E-state index contributed by atoms with van der Waals surface area (Å²) in [6.07, 6.45) is -0.698. The minimum absolute atomic E-state index is 0.122. The van der Waals surface area contributed by atoms with Gasteiger partial charge in [0, 0.05) is 20.6 Å². The van der Waals surface area contributed by atoms with Gasteiger partial charge in [-0.05, 0) is 82.6 Å². The van der Waals surface area contributed by atoms with E-state index in [9.17, 15) is 19.5 Å². The minimum atomic E-state index is -1.17. The lowest BCUT2D eigenvalue weighted by molar-refractivity contribution is -0.146. The first kappa shape index (κ1) is 27.1. The van der Waals surface area contributed by atoms with Crippen molar-refractivity contribution in [1.82, 2.24) is 5.43 Å². The third-order valence-electron chi connectivity index (χ3n) is 6.48. The second-order valence-corrected chi connectivity index (χ2v) is 10.4. The Morgan fingerprint density at radius 2 is 1.60 bits per heavy atom. The van der Waals surface area contributed by atoms with Crippen molar-refractivity contribution in [1.29, 1.82) is 0 Å². The van der Waals surface area contributed by atoms with E-state index in [1.165, 1.54) is 12.1 Å². The Hall–Kier alpha value is -4.51. The Balaban J connectivity index is 1.32. The van der Waals surface area contributed by atoms with E-state index in [1.54, 1.807) is 18.2 Å². The number of hydrogen-bond acceptors (Lipinski definition) is 5. The number of halogens is 1. The minimum Gasteiger partial charge on any atom is -0.478 e. The molecule has 2 amide bonds. The molecule has 0 saturated carbocycles. The fraction of sp³-hybridized carbons (Fsp3) is 0.0968. The molecule has 1 aliphatic heterocycles. The molecule has 1 aliphatic rings. The van der Waals surface area contributed by atoms with Gasteiger partial charge in [-0.3, -0.25) is 9.59 Å². The van der Waals surface area contributed by atoms with Gasteiger partial charge in [0.15, 0.2) is 5.71 Å². The number of anilines is 1. The van der Waals surface area contributed by atoms with E-state index >= 15 is 0 Å². The van der Waals surface area contributed by atoms with Gasteiger partial charge < -0.3 is 15.2 Å². The van der Waals surface area contributed by atoms with Crippen molar-refractivity contribution in [2.24, 2.45) is 5.10 Å². The van der Waals surface area contributed by atoms with Crippen LogP contribution in [-0.2, 0) is 16.0 Å². The predicted molar refractivity (Wildman–Crippen MR) is 160 cm³/mol. The van der Waals surface area contributed by atoms with Crippen LogP contribution in [0.1, 0.15) is 33.0 Å². The maximum absolute atomic E-state index is 12.7. The lowest BCUT2D eigenvalue weighted by Crippen LogP contribution is -2.35. The van der Waals surface area contributed by atoms with Gasteiger partial charge >= 0.3 is 5.97 Å². The molecule has 1 heterocycles. The maximum Gasteiger partial charge on any atom is 0.345 e. The van der Waals surface area contributed by atoms with Gasteiger partial charge in [0.2, 0.25) is 6.10 Å². The van der Waals surface area contributed by atoms with E-state index in [4.69, 9.17) is 4.74 Å². The molecule has 0 spiro atoms. The first-order valence-corrected chi connectivity index (χ1v) is 13.5. The molecule has 200 valence electrons. The molecule has 0 fully saturated rings. The number of fused-ring (bicyclic) bond motifs is 1. The number of carboxylic acid groups (broad SMARTS) is 1. The highest BCUT2D eigenvalue weighted by Crippen LogP contribution is 2.29. The summed E-state index contributed by atoms with van der Waals surface area (Å²) in [6.45, 7) is 0. The molecule has 40 heavy (non-hydrogen) atoms. The third kappa shape index (κ3) is 6.20. The Labute approximate surface area is 244 Å². The molecule has 5 rings (SSSR count). The summed E-state index contributed by atoms with van der Waals surface area (Å²) in [5, 5.41) is 16.9. The van der Waals surface area contributed by atoms with Crippen molar-refractivity contribution < 1.29 is 24.2 Å². The number of hydrazone groups is 1. The van der Waals surface area contributed by atoms with Crippen molar-refractivity contribution in [2.45, 2.75) is 18.4 Å². The zero-order chi connectivity index (χ0) is 28.1. The van der Waals surface area contributed by atoms with E-state index in [1.807, 2.05) is 72.8 Å². The van der Waals surface area contributed by atoms with Crippen LogP contribution in [0.25, 0.3) is 0 Å². The largest absolute Gasteiger partial charge is 0.478 e. The standard InChI is InChI=1S/C31H24IN3O5/c32-22-13-16-26-25(18-22)27(30(37)33-26)34-35-29(36)21-11-14-23(15-12-21)40-28(31(38)39)24(20-9-5-2-6-10-20)17-19-7-3-1-4-8-19/h1-16,18,24,28H,17H2,(H,35,36)(H,38,39)(H,33,34,37)/t24?,28-/m0/s1. The molecule has 0 bridgehead atoms. The summed E-state index contributed by atoms with van der Waals surface area (Å²) in [5.74, 6) is -2.16. The van der Waals surface area contributed by atoms with Crippen LogP contribution in [0.3, 0.4) is 0 Å². The van der Waals surface area contributed by atoms with Crippen molar-refractivity contribution >= 4 is 51.8 Å². The highest BCUT2D eigenvalue weighted by molar-refractivity contribution is 14.1. The number of amides is 2. The average Bonchev–Trinajstić information content (AvgIpc) is 3.28. The monoisotopic (exact) mass is 645 g/mol. The van der Waals surface area contributed by atoms with Crippen LogP contribution in [0.4, 0.5) is 5.69 Å². The SMILES string of the molecule is O=C1Nc2ccc(I)cc2C1=NNC(=O)c1ccc(O[C@H](C(=O)O)C(Cc2ccccc2)c2ccccc2)cc1. The van der Waals surface area contributed by atoms with Gasteiger partial charge in [-0.1, -0.05) is 60.7 Å². The molecule has 4 aromatic rings. The maximum atomic E-state index is 12.7. The summed E-state index contributed by atoms with van der Waals surface area (Å²) in [5.41, 5.74) is 5.91. The molecule has 0 aromatic heterocycles. The van der Waals surface area contributed by atoms with Gasteiger partial charge in [-0.25, -0.2) is 10.2 Å². The van der Waals surface area contributed by atoms with Gasteiger partial charge in [-0.2, -0.15) is 5.10 Å². The van der Waals surface area contributed by atoms with Crippen molar-refractivity contribution in [3.05, 3.63) is 129 Å². The predicted octanol–water partition coefficient (Wildman–Crippen LogP) is 5.24. The zero-order valence-electron chi connectivity index (χ0n) is 21.1. The number of nitrogens with one attached hydrogen (secondary N) is 2. The van der Waals surface area contributed by atoms with E-state index in [0.717, 1.165) is 14.7 Å². The number of carboxylic acids is 1. The number of benzene rings is 4. The van der Waals surface area contributed by atoms with Crippen LogP contribution in [0.2, 0.25) is 0 Å². The van der Waals surface area contributed by atoms with Gasteiger partial charge in [-0.15, -0.1) is 0 Å². The number of carbonyl (C=O) groups excluding carboxylic acids is 2. The first-order valence-electron chi connectivity index (χ1n) is 12.5. The smallest absolute Gasteiger partial charge is 0.345 e. The van der Waals surface area contributed by atoms with Crippen LogP contribution in [0.15, 0.2) is 108 Å². The van der Waals surface area contributed by atoms with E-state index in [2.05, 4.69) is 38.4 Å². The molecule has 9 heteroatoms. The Bertz CT molecular complexity index is 1570. The molecule has 4 aromatic carbocycles. The summed E-state index contributed by atoms with van der Waals surface area (Å²) < 4.78 is 6.92. The lowest BCUT2D eigenvalue weighted by Gasteiger charge is -2.25. The molecule has 0 saturated heterocycles. The Morgan fingerprint density at radius 3 is 2.27 bits per heavy atom. The Morgan fingerprint density at radius 1 is 0.925 bits per heavy atom. The molecule has 0 aliphatic carbocycles. The zero-order valence-corrected chi connectivity index (χ0v) is 23.2. The number of nitrogens with zero attached hydrogens (tertiary/aromatic N) is 1. The van der Waals surface area contributed by atoms with Crippen LogP contribution < -0.4 is 15.5 Å². The summed E-state index contributed by atoms with van der Waals surface area (Å²) in [4.78, 5) is 37.4. The van der Waals surface area contributed by atoms with E-state index in [0.29, 0.717) is 23.4 Å². The van der Waals surface area contributed by atoms with E-state index in [-0.39, 0.29) is 11.3 Å². The van der Waals surface area contributed by atoms with Crippen molar-refractivity contribution in [3.63, 3.8) is 0 Å². The summed E-state index contributed by atoms with van der Waals surface area (Å²) in [7, 11) is 0. The Kier molecular flexibility index (Phi) is 8.20. The average molecular weight is 645 g/mol. The number of carbonyl (C=O) groups is 3. The molecule has 3 N–H and O–H groups in total. The molecule has 1 unspecified atom stereocenters. The van der Waals surface area contributed by atoms with Gasteiger partial charge in [0.05, 0.1) is 5.69 Å². The van der Waals surface area contributed by atoms with Crippen LogP contribution in [0, 0.1) is 3.57 Å². The number of ether oxygens (including phenoxy) is 1. The lowest BCUT2D eigenvalue weighted by atomic mass is 9.87. The fourth-order valence-electron chi connectivity index (χ4n) is 4.51. The first-order chi connectivity index (χ1) is 19.4. The van der Waals surface area contributed by atoms with E-state index < -0.39 is 29.8 Å². The molecule has 0 radical (unpaired) electrons. The van der Waals surface area contributed by atoms with Gasteiger partial charge in [0.1, 0.15) is 5.75 Å². The van der Waals surface area contributed by atoms with Crippen molar-refractivity contribution in [3.8, 4) is 5.75 Å². The van der Waals surface area contributed by atoms with Crippen LogP contribution in [0.5, 0.6) is 5.75 Å². The highest BCUT2D eigenvalue weighted by Gasteiger charge is 2.32. The second kappa shape index (κ2) is 12.1. The topological polar surface area (TPSA) is 117 Å². The number of rotatable bonds is 9. The van der Waals surface area contributed by atoms with Crippen LogP contribution in [-0.4, -0.2) is 34.7 Å². The third-order valence-corrected chi connectivity index (χ3v) is 7.15. The molecule has 2 atom stereocenters. The number of aliphatic carboxylic acids is 1. The summed E-state index contributed by atoms with van der Waals surface area (Å²) in [6, 6.07) is 30.7. The van der Waals surface area contributed by atoms with Crippen LogP contribution >= 0.6 is 22.6 Å². The van der Waals surface area contributed by atoms with Gasteiger partial charge in [0.25, 0.3) is 11.8 Å². The quantitative estimate of drug-likeness (QED) is 0.170. The molecular formula is C31H24IN3O5. The normalized spacial score (nSPS) is 14.6. The number of hydrogen-bond donors (Lipinski definition) is 3. The summed E-state index contributed by atoms with van der Waals surface area (Å²) >= 11 is 2.14. The van der Waals surface area contributed by atoms with Crippen molar-refractivity contribution in [2.75, 3.05) is 5.32 Å². The fourth-order valence-corrected chi connectivity index (χ4v) is 5.00. The highest BCUT2D eigenvalue weighted by atomic mass is 127. The molecular weight excluding hydrogens is 621 g/mol. The second-order valence-electron chi connectivity index (χ2n) is 9.15.